The zero-order valence-electron chi connectivity index (χ0n) is 29.9. The van der Waals surface area contributed by atoms with Crippen molar-refractivity contribution < 1.29 is 43.3 Å². The zero-order chi connectivity index (χ0) is 38.1. The molecule has 2 rings (SSSR count). The average molecular weight is 695 g/mol. The van der Waals surface area contributed by atoms with Gasteiger partial charge in [-0.25, -0.2) is 14.4 Å². The number of amides is 2. The minimum absolute atomic E-state index is 0.00855. The van der Waals surface area contributed by atoms with Crippen molar-refractivity contribution in [3.8, 4) is 0 Å². The SMILES string of the molecule is CC(=O)[C@H](CCCC(=N)C(=O)c1ccccc1)NC(=O)OC(C)(C)C.CC(C)(C)OC(=O)N[C@@H](CCCC(=N)C(=O)c1ccccc1)C(=O)O. The Hall–Kier alpha value is -5.20. The zero-order valence-corrected chi connectivity index (χ0v) is 29.9. The quantitative estimate of drug-likeness (QED) is 0.0947. The van der Waals surface area contributed by atoms with E-state index in [1.54, 1.807) is 102 Å². The molecule has 2 amide bonds. The highest BCUT2D eigenvalue weighted by Crippen LogP contribution is 2.12. The van der Waals surface area contributed by atoms with E-state index in [1.807, 2.05) is 0 Å². The molecular formula is C37H50N4O9. The Morgan fingerprint density at radius 2 is 0.980 bits per heavy atom. The summed E-state index contributed by atoms with van der Waals surface area (Å²) in [6.07, 6.45) is 0.0826. The van der Waals surface area contributed by atoms with Crippen molar-refractivity contribution in [3.63, 3.8) is 0 Å². The molecule has 0 heterocycles. The number of hydrogen-bond donors (Lipinski definition) is 5. The molecule has 50 heavy (non-hydrogen) atoms. The van der Waals surface area contributed by atoms with Gasteiger partial charge in [0.05, 0.1) is 17.5 Å². The van der Waals surface area contributed by atoms with E-state index in [9.17, 15) is 33.9 Å². The minimum Gasteiger partial charge on any atom is -0.480 e. The minimum atomic E-state index is -1.19. The predicted octanol–water partition coefficient (Wildman–Crippen LogP) is 6.58. The van der Waals surface area contributed by atoms with Crippen molar-refractivity contribution in [1.29, 1.82) is 10.8 Å². The van der Waals surface area contributed by atoms with Crippen LogP contribution in [0.1, 0.15) is 108 Å². The van der Waals surface area contributed by atoms with Crippen LogP contribution in [-0.2, 0) is 19.1 Å². The van der Waals surface area contributed by atoms with Crippen LogP contribution >= 0.6 is 0 Å². The lowest BCUT2D eigenvalue weighted by atomic mass is 10.00. The third kappa shape index (κ3) is 17.8. The number of aliphatic carboxylic acids is 1. The summed E-state index contributed by atoms with van der Waals surface area (Å²) >= 11 is 0. The molecule has 0 aliphatic heterocycles. The van der Waals surface area contributed by atoms with Gasteiger partial charge in [-0.2, -0.15) is 0 Å². The summed E-state index contributed by atoms with van der Waals surface area (Å²) in [7, 11) is 0. The van der Waals surface area contributed by atoms with Gasteiger partial charge in [-0.05, 0) is 87.0 Å². The van der Waals surface area contributed by atoms with E-state index in [-0.39, 0.29) is 54.5 Å². The Labute approximate surface area is 293 Å². The first-order chi connectivity index (χ1) is 23.2. The van der Waals surface area contributed by atoms with Gasteiger partial charge in [0.15, 0.2) is 5.78 Å². The highest BCUT2D eigenvalue weighted by molar-refractivity contribution is 6.45. The molecule has 0 unspecified atom stereocenters. The molecule has 0 spiro atoms. The Morgan fingerprint density at radius 1 is 0.640 bits per heavy atom. The van der Waals surface area contributed by atoms with Gasteiger partial charge in [-0.3, -0.25) is 14.4 Å². The number of carbonyl (C=O) groups excluding carboxylic acids is 5. The van der Waals surface area contributed by atoms with Crippen molar-refractivity contribution in [2.75, 3.05) is 0 Å². The first kappa shape index (κ1) is 42.8. The van der Waals surface area contributed by atoms with Crippen LogP contribution in [0.2, 0.25) is 0 Å². The molecule has 2 atom stereocenters. The highest BCUT2D eigenvalue weighted by Gasteiger charge is 2.25. The maximum Gasteiger partial charge on any atom is 0.408 e. The maximum atomic E-state index is 12.1. The summed E-state index contributed by atoms with van der Waals surface area (Å²) in [6.45, 7) is 11.7. The fourth-order valence-corrected chi connectivity index (χ4v) is 4.25. The summed E-state index contributed by atoms with van der Waals surface area (Å²) in [6, 6.07) is 15.3. The fourth-order valence-electron chi connectivity index (χ4n) is 4.25. The summed E-state index contributed by atoms with van der Waals surface area (Å²) in [4.78, 5) is 70.5. The monoisotopic (exact) mass is 694 g/mol. The van der Waals surface area contributed by atoms with Gasteiger partial charge in [-0.15, -0.1) is 0 Å². The Morgan fingerprint density at radius 3 is 1.30 bits per heavy atom. The van der Waals surface area contributed by atoms with Crippen molar-refractivity contribution in [2.45, 2.75) is 110 Å². The average Bonchev–Trinajstić information content (AvgIpc) is 3.02. The standard InChI is InChI=1S/C19H26N2O4.C18H24N2O5/c1-13(22)16(21-18(24)25-19(2,3)4)12-8-11-15(20)17(23)14-9-6-5-7-10-14;1-18(2,3)25-17(24)20-14(16(22)23)11-7-10-13(19)15(21)12-8-5-4-6-9-12/h5-7,9-10,16,20H,8,11-12H2,1-4H3,(H,21,24);4-6,8-9,14,19H,7,10-11H2,1-3H3,(H,20,24)(H,22,23)/t16-;14-/m00/s1. The molecule has 0 saturated carbocycles. The molecule has 0 aliphatic rings. The van der Waals surface area contributed by atoms with Crippen LogP contribution in [0, 0.1) is 10.8 Å². The lowest BCUT2D eigenvalue weighted by Gasteiger charge is -2.22. The van der Waals surface area contributed by atoms with Gasteiger partial charge in [0.25, 0.3) is 0 Å². The summed E-state index contributed by atoms with van der Waals surface area (Å²) in [5, 5.41) is 29.7. The van der Waals surface area contributed by atoms with Gasteiger partial charge in [-0.1, -0.05) is 60.7 Å². The number of nitrogens with one attached hydrogen (secondary N) is 4. The molecule has 272 valence electrons. The van der Waals surface area contributed by atoms with E-state index >= 15 is 0 Å². The van der Waals surface area contributed by atoms with Gasteiger partial charge >= 0.3 is 18.2 Å². The number of carboxylic acid groups (broad SMARTS) is 1. The van der Waals surface area contributed by atoms with E-state index in [2.05, 4.69) is 10.6 Å². The number of rotatable bonds is 16. The molecule has 0 bridgehead atoms. The molecule has 0 radical (unpaired) electrons. The molecule has 0 aliphatic carbocycles. The Balaban J connectivity index is 0.000000500. The summed E-state index contributed by atoms with van der Waals surface area (Å²) < 4.78 is 10.2. The normalized spacial score (nSPS) is 12.1. The van der Waals surface area contributed by atoms with Crippen molar-refractivity contribution in [2.24, 2.45) is 0 Å². The molecule has 0 aromatic heterocycles. The van der Waals surface area contributed by atoms with Crippen LogP contribution in [0.4, 0.5) is 9.59 Å². The van der Waals surface area contributed by atoms with Crippen LogP contribution in [0.25, 0.3) is 0 Å². The second-order valence-corrected chi connectivity index (χ2v) is 13.5. The lowest BCUT2D eigenvalue weighted by molar-refractivity contribution is -0.139. The third-order valence-electron chi connectivity index (χ3n) is 6.63. The molecule has 2 aromatic rings. The molecule has 13 nitrogen and oxygen atoms in total. The van der Waals surface area contributed by atoms with E-state index in [4.69, 9.17) is 20.3 Å². The predicted molar refractivity (Wildman–Crippen MR) is 189 cm³/mol. The van der Waals surface area contributed by atoms with E-state index in [0.717, 1.165) is 0 Å². The van der Waals surface area contributed by atoms with Crippen LogP contribution in [0.5, 0.6) is 0 Å². The molecule has 13 heteroatoms. The fraction of sp³-hybridized carbons (Fsp3) is 0.459. The second kappa shape index (κ2) is 20.3. The highest BCUT2D eigenvalue weighted by atomic mass is 16.6. The van der Waals surface area contributed by atoms with Crippen LogP contribution in [0.15, 0.2) is 60.7 Å². The van der Waals surface area contributed by atoms with Crippen LogP contribution < -0.4 is 10.6 Å². The van der Waals surface area contributed by atoms with E-state index < -0.39 is 41.4 Å². The Bertz CT molecular complexity index is 1380. The maximum absolute atomic E-state index is 12.1. The number of benzene rings is 2. The van der Waals surface area contributed by atoms with Gasteiger partial charge in [0, 0.05) is 11.1 Å². The van der Waals surface area contributed by atoms with Crippen molar-refractivity contribution in [3.05, 3.63) is 71.8 Å². The van der Waals surface area contributed by atoms with Gasteiger partial charge < -0.3 is 36.0 Å². The summed E-state index contributed by atoms with van der Waals surface area (Å²) in [5.74, 6) is -2.08. The molecule has 5 N–H and O–H groups in total. The number of carboxylic acids is 1. The van der Waals surface area contributed by atoms with Crippen molar-refractivity contribution in [1.82, 2.24) is 10.6 Å². The number of alkyl carbamates (subject to hydrolysis) is 2. The number of carbonyl (C=O) groups is 6. The molecule has 2 aromatic carbocycles. The molecule has 0 fully saturated rings. The lowest BCUT2D eigenvalue weighted by Crippen LogP contribution is -2.43. The van der Waals surface area contributed by atoms with E-state index in [1.165, 1.54) is 6.92 Å². The molecule has 0 saturated heterocycles. The smallest absolute Gasteiger partial charge is 0.408 e. The van der Waals surface area contributed by atoms with E-state index in [0.29, 0.717) is 24.0 Å². The van der Waals surface area contributed by atoms with Gasteiger partial charge in [0.1, 0.15) is 17.2 Å². The summed E-state index contributed by atoms with van der Waals surface area (Å²) in [5.41, 5.74) is -0.567. The van der Waals surface area contributed by atoms with Crippen LogP contribution in [0.3, 0.4) is 0 Å². The topological polar surface area (TPSA) is 213 Å². The van der Waals surface area contributed by atoms with Gasteiger partial charge in [0.2, 0.25) is 11.6 Å². The number of Topliss-reactive ketones (excluding diaryl/α,β-unsaturated/α-hetero) is 3. The number of ether oxygens (including phenoxy) is 2. The first-order valence-corrected chi connectivity index (χ1v) is 16.3. The number of ketones is 3. The molecular weight excluding hydrogens is 644 g/mol. The first-order valence-electron chi connectivity index (χ1n) is 16.3. The Kier molecular flexibility index (Phi) is 17.4. The second-order valence-electron chi connectivity index (χ2n) is 13.5. The van der Waals surface area contributed by atoms with Crippen LogP contribution in [-0.4, -0.2) is 75.3 Å². The van der Waals surface area contributed by atoms with Crippen molar-refractivity contribution >= 4 is 46.9 Å². The number of hydrogen-bond acceptors (Lipinski definition) is 10. The largest absolute Gasteiger partial charge is 0.480 e. The third-order valence-corrected chi connectivity index (χ3v) is 6.63.